The third-order valence-electron chi connectivity index (χ3n) is 7.22. The summed E-state index contributed by atoms with van der Waals surface area (Å²) in [6.45, 7) is 1.91. The Labute approximate surface area is 219 Å². The van der Waals surface area contributed by atoms with Crippen molar-refractivity contribution in [3.8, 4) is 11.4 Å². The van der Waals surface area contributed by atoms with E-state index in [-0.39, 0.29) is 49.4 Å². The Balaban J connectivity index is 1.39. The van der Waals surface area contributed by atoms with Gasteiger partial charge in [-0.15, -0.1) is 0 Å². The number of carbonyl (C=O) groups excluding carboxylic acids is 1. The van der Waals surface area contributed by atoms with Crippen molar-refractivity contribution in [3.63, 3.8) is 0 Å². The molecule has 0 amide bonds. The van der Waals surface area contributed by atoms with Crippen LogP contribution < -0.4 is 16.8 Å². The third-order valence-corrected chi connectivity index (χ3v) is 7.22. The smallest absolute Gasteiger partial charge is 0.343 e. The van der Waals surface area contributed by atoms with Gasteiger partial charge in [-0.25, -0.2) is 14.6 Å². The third kappa shape index (κ3) is 3.87. The summed E-state index contributed by atoms with van der Waals surface area (Å²) >= 11 is 0. The van der Waals surface area contributed by atoms with E-state index in [0.29, 0.717) is 22.5 Å². The van der Waals surface area contributed by atoms with E-state index in [1.807, 2.05) is 24.3 Å². The lowest BCUT2D eigenvalue weighted by molar-refractivity contribution is -0.172. The molecule has 2 N–H and O–H groups in total. The van der Waals surface area contributed by atoms with Crippen molar-refractivity contribution in [1.82, 2.24) is 19.1 Å². The van der Waals surface area contributed by atoms with Crippen LogP contribution in [0.2, 0.25) is 0 Å². The number of hydrogen-bond donors (Lipinski definition) is 2. The maximum absolute atomic E-state index is 13.5. The van der Waals surface area contributed by atoms with E-state index < -0.39 is 22.8 Å². The van der Waals surface area contributed by atoms with Gasteiger partial charge in [0.2, 0.25) is 0 Å². The fourth-order valence-corrected chi connectivity index (χ4v) is 5.11. The van der Waals surface area contributed by atoms with Gasteiger partial charge in [0.25, 0.3) is 11.1 Å². The number of nitrogens with one attached hydrogen (secondary N) is 1. The molecule has 4 aromatic rings. The molecule has 1 atom stereocenters. The second-order valence-corrected chi connectivity index (χ2v) is 9.34. The Kier molecular flexibility index (Phi) is 5.76. The summed E-state index contributed by atoms with van der Waals surface area (Å²) in [6, 6.07) is 10.4. The van der Waals surface area contributed by atoms with Crippen LogP contribution in [-0.4, -0.2) is 43.0 Å². The van der Waals surface area contributed by atoms with E-state index in [9.17, 15) is 24.3 Å². The Morgan fingerprint density at radius 3 is 2.82 bits per heavy atom. The molecule has 6 rings (SSSR count). The number of ether oxygens (including phenoxy) is 1. The van der Waals surface area contributed by atoms with Crippen LogP contribution in [0, 0.1) is 0 Å². The zero-order chi connectivity index (χ0) is 27.3. The molecule has 0 fully saturated rings. The molecule has 0 spiro atoms. The molecule has 0 radical (unpaired) electrons. The molecule has 3 aromatic heterocycles. The molecule has 12 nitrogen and oxygen atoms in total. The van der Waals surface area contributed by atoms with Crippen LogP contribution in [0.3, 0.4) is 0 Å². The number of oxime groups is 1. The molecular formula is C27H23N5O7. The van der Waals surface area contributed by atoms with Gasteiger partial charge in [0, 0.05) is 34.3 Å². The van der Waals surface area contributed by atoms with Gasteiger partial charge in [0.1, 0.15) is 13.2 Å². The highest BCUT2D eigenvalue weighted by Gasteiger charge is 2.45. The van der Waals surface area contributed by atoms with Crippen molar-refractivity contribution in [2.24, 2.45) is 5.16 Å². The molecule has 2 aliphatic rings. The maximum atomic E-state index is 13.5. The summed E-state index contributed by atoms with van der Waals surface area (Å²) in [6.07, 6.45) is 2.98. The van der Waals surface area contributed by atoms with Crippen molar-refractivity contribution in [2.45, 2.75) is 38.6 Å². The maximum Gasteiger partial charge on any atom is 0.343 e. The topological polar surface area (TPSA) is 158 Å². The Hall–Kier alpha value is -4.84. The minimum absolute atomic E-state index is 0.0557. The van der Waals surface area contributed by atoms with Crippen molar-refractivity contribution in [3.05, 3.63) is 96.0 Å². The number of pyridine rings is 2. The average molecular weight is 530 g/mol. The molecule has 5 heterocycles. The van der Waals surface area contributed by atoms with Crippen LogP contribution in [0.1, 0.15) is 35.6 Å². The quantitative estimate of drug-likeness (QED) is 0.143. The van der Waals surface area contributed by atoms with E-state index in [1.165, 1.54) is 16.8 Å². The van der Waals surface area contributed by atoms with E-state index in [4.69, 9.17) is 14.6 Å². The Morgan fingerprint density at radius 2 is 2.03 bits per heavy atom. The number of carbonyl (C=O) groups is 1. The number of aliphatic hydroxyl groups is 1. The summed E-state index contributed by atoms with van der Waals surface area (Å²) < 4.78 is 8.00. The van der Waals surface area contributed by atoms with Gasteiger partial charge in [0.05, 0.1) is 41.8 Å². The predicted octanol–water partition coefficient (Wildman–Crippen LogP) is 0.980. The van der Waals surface area contributed by atoms with Crippen LogP contribution >= 0.6 is 0 Å². The lowest BCUT2D eigenvalue weighted by Gasteiger charge is -2.31. The molecule has 0 aliphatic carbocycles. The van der Waals surface area contributed by atoms with E-state index in [0.717, 1.165) is 10.9 Å². The number of cyclic esters (lactones) is 1. The molecule has 0 unspecified atom stereocenters. The summed E-state index contributed by atoms with van der Waals surface area (Å²) in [5.41, 5.74) is 0.368. The number of nitrogens with zero attached hydrogens (tertiary/aromatic N) is 4. The van der Waals surface area contributed by atoms with Crippen molar-refractivity contribution in [1.29, 1.82) is 0 Å². The van der Waals surface area contributed by atoms with Crippen LogP contribution in [0.25, 0.3) is 22.3 Å². The van der Waals surface area contributed by atoms with Gasteiger partial charge in [-0.3, -0.25) is 19.1 Å². The minimum Gasteiger partial charge on any atom is -0.458 e. The summed E-state index contributed by atoms with van der Waals surface area (Å²) in [5, 5.41) is 16.0. The summed E-state index contributed by atoms with van der Waals surface area (Å²) in [4.78, 5) is 61.4. The van der Waals surface area contributed by atoms with Gasteiger partial charge in [-0.1, -0.05) is 30.3 Å². The number of aromatic amines is 1. The van der Waals surface area contributed by atoms with Crippen LogP contribution in [0.5, 0.6) is 0 Å². The monoisotopic (exact) mass is 529 g/mol. The number of benzene rings is 1. The number of para-hydroxylation sites is 1. The van der Waals surface area contributed by atoms with Gasteiger partial charge in [-0.05, 0) is 18.6 Å². The Bertz CT molecular complexity index is 1870. The summed E-state index contributed by atoms with van der Waals surface area (Å²) in [5.74, 6) is -0.777. The van der Waals surface area contributed by atoms with Crippen molar-refractivity contribution >= 4 is 23.1 Å². The van der Waals surface area contributed by atoms with Gasteiger partial charge in [0.15, 0.2) is 5.60 Å². The number of fused-ring (bicyclic) bond motifs is 5. The second-order valence-electron chi connectivity index (χ2n) is 9.34. The van der Waals surface area contributed by atoms with E-state index in [2.05, 4.69) is 10.1 Å². The second kappa shape index (κ2) is 9.17. The molecular weight excluding hydrogens is 506 g/mol. The van der Waals surface area contributed by atoms with Crippen LogP contribution in [0.15, 0.2) is 62.1 Å². The molecule has 0 saturated carbocycles. The molecule has 198 valence electrons. The van der Waals surface area contributed by atoms with Crippen LogP contribution in [-0.2, 0) is 39.7 Å². The fourth-order valence-electron chi connectivity index (χ4n) is 5.11. The molecule has 0 bridgehead atoms. The first kappa shape index (κ1) is 24.5. The SMILES string of the molecule is CC[C@@]1(O)C(=O)OCc2c1cc1n(c2=O)Cc2c-1nc1ccccc1c2/C=N/OCCn1ccc(=O)[nH]c1=O. The van der Waals surface area contributed by atoms with Crippen molar-refractivity contribution < 1.29 is 19.5 Å². The highest BCUT2D eigenvalue weighted by atomic mass is 16.6. The molecule has 39 heavy (non-hydrogen) atoms. The van der Waals surface area contributed by atoms with Crippen molar-refractivity contribution in [2.75, 3.05) is 6.61 Å². The van der Waals surface area contributed by atoms with Gasteiger partial charge < -0.3 is 19.2 Å². The molecule has 2 aliphatic heterocycles. The predicted molar refractivity (Wildman–Crippen MR) is 139 cm³/mol. The van der Waals surface area contributed by atoms with Gasteiger partial charge in [-0.2, -0.15) is 0 Å². The first-order valence-electron chi connectivity index (χ1n) is 12.4. The zero-order valence-corrected chi connectivity index (χ0v) is 20.8. The number of hydrogen-bond acceptors (Lipinski definition) is 9. The van der Waals surface area contributed by atoms with E-state index in [1.54, 1.807) is 23.8 Å². The molecule has 0 saturated heterocycles. The largest absolute Gasteiger partial charge is 0.458 e. The number of H-pyrrole nitrogens is 1. The number of rotatable bonds is 6. The van der Waals surface area contributed by atoms with Crippen LogP contribution in [0.4, 0.5) is 0 Å². The lowest BCUT2D eigenvalue weighted by atomic mass is 9.86. The highest BCUT2D eigenvalue weighted by Crippen LogP contribution is 2.39. The lowest BCUT2D eigenvalue weighted by Crippen LogP contribution is -2.44. The standard InChI is InChI=1S/C27H23N5O7/c1-2-27(37)19-11-21-23-17(13-32(21)24(34)18(19)14-38-25(27)35)16(15-5-3-4-6-20(15)29-23)12-28-39-10-9-31-8-7-22(33)30-26(31)36/h3-8,11-12,37H,2,9-10,13-14H2,1H3,(H,30,33,36)/b28-12+/t27-/m0/s1. The first-order chi connectivity index (χ1) is 18.8. The first-order valence-corrected chi connectivity index (χ1v) is 12.4. The number of esters is 1. The van der Waals surface area contributed by atoms with Gasteiger partial charge >= 0.3 is 11.7 Å². The fraction of sp³-hybridized carbons (Fsp3) is 0.259. The Morgan fingerprint density at radius 1 is 1.21 bits per heavy atom. The number of aromatic nitrogens is 4. The average Bonchev–Trinajstić information content (AvgIpc) is 3.30. The molecule has 1 aromatic carbocycles. The normalized spacial score (nSPS) is 17.6. The van der Waals surface area contributed by atoms with E-state index >= 15 is 0 Å². The summed E-state index contributed by atoms with van der Waals surface area (Å²) in [7, 11) is 0. The minimum atomic E-state index is -1.91. The molecule has 12 heteroatoms. The zero-order valence-electron chi connectivity index (χ0n) is 20.8. The highest BCUT2D eigenvalue weighted by molar-refractivity contribution is 6.02.